The molecule has 0 saturated heterocycles. The fraction of sp³-hybridized carbons (Fsp3) is 0.207. The molecule has 182 valence electrons. The quantitative estimate of drug-likeness (QED) is 0.334. The second-order valence-corrected chi connectivity index (χ2v) is 11.0. The Balaban J connectivity index is 1.55. The summed E-state index contributed by atoms with van der Waals surface area (Å²) >= 11 is 2.85. The van der Waals surface area contributed by atoms with Crippen LogP contribution in [0.2, 0.25) is 0 Å². The van der Waals surface area contributed by atoms with Crippen molar-refractivity contribution in [1.29, 1.82) is 0 Å². The third-order valence-electron chi connectivity index (χ3n) is 6.17. The number of hydrogen-bond donors (Lipinski definition) is 0. The van der Waals surface area contributed by atoms with Crippen molar-refractivity contribution in [2.45, 2.75) is 39.3 Å². The summed E-state index contributed by atoms with van der Waals surface area (Å²) in [6.45, 7) is 6.27. The summed E-state index contributed by atoms with van der Waals surface area (Å²) in [5, 5.41) is 1.95. The van der Waals surface area contributed by atoms with Crippen LogP contribution in [0.4, 0.5) is 0 Å². The van der Waals surface area contributed by atoms with E-state index < -0.39 is 12.0 Å². The number of allylic oxidation sites excluding steroid dienone is 1. The molecule has 0 fully saturated rings. The number of rotatable bonds is 6. The molecule has 4 aromatic rings. The summed E-state index contributed by atoms with van der Waals surface area (Å²) in [7, 11) is 0. The Hall–Kier alpha value is -3.55. The van der Waals surface area contributed by atoms with Crippen molar-refractivity contribution in [3.05, 3.63) is 125 Å². The Morgan fingerprint density at radius 2 is 1.83 bits per heavy atom. The number of benzene rings is 2. The van der Waals surface area contributed by atoms with E-state index in [4.69, 9.17) is 4.74 Å². The molecule has 0 aliphatic carbocycles. The zero-order chi connectivity index (χ0) is 25.2. The van der Waals surface area contributed by atoms with Gasteiger partial charge in [0.1, 0.15) is 12.6 Å². The molecule has 0 N–H and O–H groups in total. The van der Waals surface area contributed by atoms with Crippen LogP contribution in [0.5, 0.6) is 0 Å². The molecule has 1 atom stereocenters. The van der Waals surface area contributed by atoms with Crippen molar-refractivity contribution < 1.29 is 9.53 Å². The maximum absolute atomic E-state index is 13.7. The number of carbonyl (C=O) groups is 1. The first-order valence-electron chi connectivity index (χ1n) is 11.8. The van der Waals surface area contributed by atoms with Crippen molar-refractivity contribution in [2.75, 3.05) is 0 Å². The van der Waals surface area contributed by atoms with Crippen LogP contribution in [0, 0.1) is 0 Å². The third kappa shape index (κ3) is 4.76. The number of thiophene rings is 1. The maximum atomic E-state index is 13.7. The lowest BCUT2D eigenvalue weighted by Crippen LogP contribution is -2.39. The topological polar surface area (TPSA) is 60.7 Å². The number of ether oxygens (including phenoxy) is 1. The summed E-state index contributed by atoms with van der Waals surface area (Å²) in [5.41, 5.74) is 3.91. The minimum absolute atomic E-state index is 0.157. The van der Waals surface area contributed by atoms with Gasteiger partial charge in [-0.2, -0.15) is 0 Å². The van der Waals surface area contributed by atoms with Gasteiger partial charge in [-0.3, -0.25) is 9.36 Å². The smallest absolute Gasteiger partial charge is 0.338 e. The van der Waals surface area contributed by atoms with Gasteiger partial charge in [-0.1, -0.05) is 85.8 Å². The molecule has 1 aliphatic heterocycles. The molecular formula is C29H26N2O3S2. The van der Waals surface area contributed by atoms with Crippen molar-refractivity contribution in [2.24, 2.45) is 4.99 Å². The first kappa shape index (κ1) is 24.2. The SMILES string of the molecule is CC1=C(C(=O)OCc2ccccc2)C(c2cccs2)n2c(s/c(=C/c3ccc(C(C)C)cc3)c2=O)=N1. The third-order valence-corrected chi connectivity index (χ3v) is 8.08. The van der Waals surface area contributed by atoms with Gasteiger partial charge >= 0.3 is 5.97 Å². The minimum Gasteiger partial charge on any atom is -0.457 e. The molecular weight excluding hydrogens is 488 g/mol. The zero-order valence-electron chi connectivity index (χ0n) is 20.3. The molecule has 7 heteroatoms. The normalized spacial score (nSPS) is 15.7. The van der Waals surface area contributed by atoms with Crippen LogP contribution in [0.1, 0.15) is 54.3 Å². The van der Waals surface area contributed by atoms with Gasteiger partial charge in [0, 0.05) is 4.88 Å². The number of fused-ring (bicyclic) bond motifs is 1. The Labute approximate surface area is 217 Å². The standard InChI is InChI=1S/C29H26N2O3S2/c1-18(2)22-13-11-20(12-14-22)16-24-27(32)31-26(23-10-7-15-35-23)25(19(3)30-29(31)36-24)28(33)34-17-21-8-5-4-6-9-21/h4-16,18,26H,17H2,1-3H3/b24-16+. The first-order chi connectivity index (χ1) is 17.4. The van der Waals surface area contributed by atoms with E-state index in [-0.39, 0.29) is 12.2 Å². The molecule has 2 aromatic heterocycles. The molecule has 0 bridgehead atoms. The number of thiazole rings is 1. The summed E-state index contributed by atoms with van der Waals surface area (Å²) in [4.78, 5) is 33.1. The minimum atomic E-state index is -0.574. The second-order valence-electron chi connectivity index (χ2n) is 8.98. The van der Waals surface area contributed by atoms with Crippen LogP contribution >= 0.6 is 22.7 Å². The van der Waals surface area contributed by atoms with E-state index in [0.717, 1.165) is 16.0 Å². The second kappa shape index (κ2) is 10.2. The van der Waals surface area contributed by atoms with E-state index in [2.05, 4.69) is 31.0 Å². The number of carbonyl (C=O) groups excluding carboxylic acids is 1. The Kier molecular flexibility index (Phi) is 6.85. The first-order valence-corrected chi connectivity index (χ1v) is 13.5. The molecule has 36 heavy (non-hydrogen) atoms. The predicted molar refractivity (Wildman–Crippen MR) is 145 cm³/mol. The fourth-order valence-corrected chi connectivity index (χ4v) is 6.10. The highest BCUT2D eigenvalue weighted by atomic mass is 32.1. The van der Waals surface area contributed by atoms with Crippen LogP contribution in [-0.4, -0.2) is 10.5 Å². The van der Waals surface area contributed by atoms with Crippen LogP contribution < -0.4 is 14.9 Å². The lowest BCUT2D eigenvalue weighted by molar-refractivity contribution is -0.140. The van der Waals surface area contributed by atoms with Gasteiger partial charge in [-0.25, -0.2) is 9.79 Å². The van der Waals surface area contributed by atoms with E-state index >= 15 is 0 Å². The van der Waals surface area contributed by atoms with Crippen LogP contribution in [0.15, 0.2) is 93.2 Å². The summed E-state index contributed by atoms with van der Waals surface area (Å²) in [6.07, 6.45) is 1.89. The summed E-state index contributed by atoms with van der Waals surface area (Å²) < 4.78 is 7.90. The Bertz CT molecular complexity index is 1590. The average Bonchev–Trinajstić information content (AvgIpc) is 3.51. The molecule has 2 aromatic carbocycles. The molecule has 0 saturated carbocycles. The number of aromatic nitrogens is 1. The highest BCUT2D eigenvalue weighted by Gasteiger charge is 2.34. The summed E-state index contributed by atoms with van der Waals surface area (Å²) in [6, 6.07) is 21.1. The average molecular weight is 515 g/mol. The van der Waals surface area contributed by atoms with Gasteiger partial charge in [0.2, 0.25) is 0 Å². The molecule has 1 unspecified atom stereocenters. The van der Waals surface area contributed by atoms with E-state index in [9.17, 15) is 9.59 Å². The molecule has 5 rings (SSSR count). The number of hydrogen-bond acceptors (Lipinski definition) is 6. The molecule has 0 spiro atoms. The predicted octanol–water partition coefficient (Wildman–Crippen LogP) is 5.16. The molecule has 1 aliphatic rings. The molecule has 0 radical (unpaired) electrons. The highest BCUT2D eigenvalue weighted by Crippen LogP contribution is 2.33. The highest BCUT2D eigenvalue weighted by molar-refractivity contribution is 7.10. The number of nitrogens with zero attached hydrogens (tertiary/aromatic N) is 2. The lowest BCUT2D eigenvalue weighted by Gasteiger charge is -2.23. The Morgan fingerprint density at radius 1 is 1.08 bits per heavy atom. The van der Waals surface area contributed by atoms with Gasteiger partial charge in [0.15, 0.2) is 4.80 Å². The van der Waals surface area contributed by atoms with E-state index in [0.29, 0.717) is 26.5 Å². The monoisotopic (exact) mass is 514 g/mol. The molecule has 0 amide bonds. The van der Waals surface area contributed by atoms with Crippen LogP contribution in [0.25, 0.3) is 6.08 Å². The van der Waals surface area contributed by atoms with Crippen molar-refractivity contribution in [3.8, 4) is 0 Å². The largest absolute Gasteiger partial charge is 0.457 e. The van der Waals surface area contributed by atoms with Crippen molar-refractivity contribution in [1.82, 2.24) is 4.57 Å². The maximum Gasteiger partial charge on any atom is 0.338 e. The van der Waals surface area contributed by atoms with Crippen molar-refractivity contribution in [3.63, 3.8) is 0 Å². The number of esters is 1. The Morgan fingerprint density at radius 3 is 2.50 bits per heavy atom. The fourth-order valence-electron chi connectivity index (χ4n) is 4.23. The zero-order valence-corrected chi connectivity index (χ0v) is 21.9. The van der Waals surface area contributed by atoms with Crippen LogP contribution in [0.3, 0.4) is 0 Å². The van der Waals surface area contributed by atoms with Crippen LogP contribution in [-0.2, 0) is 16.1 Å². The van der Waals surface area contributed by atoms with Gasteiger partial charge in [0.05, 0.1) is 15.8 Å². The van der Waals surface area contributed by atoms with Crippen molar-refractivity contribution >= 4 is 34.7 Å². The van der Waals surface area contributed by atoms with E-state index in [1.165, 1.54) is 28.2 Å². The van der Waals surface area contributed by atoms with Gasteiger partial charge < -0.3 is 4.74 Å². The molecule has 3 heterocycles. The van der Waals surface area contributed by atoms with Gasteiger partial charge in [-0.15, -0.1) is 11.3 Å². The van der Waals surface area contributed by atoms with Gasteiger partial charge in [-0.05, 0) is 47.1 Å². The van der Waals surface area contributed by atoms with E-state index in [1.807, 2.05) is 66.1 Å². The molecule has 5 nitrogen and oxygen atoms in total. The van der Waals surface area contributed by atoms with E-state index in [1.54, 1.807) is 11.5 Å². The van der Waals surface area contributed by atoms with Gasteiger partial charge in [0.25, 0.3) is 5.56 Å². The lowest BCUT2D eigenvalue weighted by atomic mass is 10.0. The summed E-state index contributed by atoms with van der Waals surface area (Å²) in [5.74, 6) is -0.0183.